The lowest BCUT2D eigenvalue weighted by Gasteiger charge is -2.31. The molecule has 0 aliphatic heterocycles. The molecule has 0 heterocycles. The zero-order chi connectivity index (χ0) is 14.5. The van der Waals surface area contributed by atoms with Gasteiger partial charge in [-0.15, -0.1) is 0 Å². The van der Waals surface area contributed by atoms with Crippen molar-refractivity contribution in [2.45, 2.75) is 37.0 Å². The summed E-state index contributed by atoms with van der Waals surface area (Å²) in [5, 5.41) is 7.32. The quantitative estimate of drug-likeness (QED) is 0.889. The second kappa shape index (κ2) is 7.23. The number of carbonyl (C=O) groups is 1. The predicted molar refractivity (Wildman–Crippen MR) is 88.0 cm³/mol. The minimum Gasteiger partial charge on any atom is -0.387 e. The number of nitrogens with one attached hydrogen (secondary N) is 2. The minimum atomic E-state index is -0.0391. The number of hydrogen-bond acceptors (Lipinski definition) is 3. The summed E-state index contributed by atoms with van der Waals surface area (Å²) < 4.78 is 0. The molecule has 1 aromatic rings. The smallest absolute Gasteiger partial charge is 0.253 e. The standard InChI is InChI=1S/C15H21ClN2OS/c1-17-12-8-7-10(16)9-11(12)15(19)18-13-5-3-4-6-14(13)20-2/h7-9,13-14,17H,3-6H2,1-2H3,(H,18,19). The minimum absolute atomic E-state index is 0.0391. The molecule has 20 heavy (non-hydrogen) atoms. The fraction of sp³-hybridized carbons (Fsp3) is 0.533. The zero-order valence-electron chi connectivity index (χ0n) is 11.9. The highest BCUT2D eigenvalue weighted by Gasteiger charge is 2.26. The molecule has 2 unspecified atom stereocenters. The van der Waals surface area contributed by atoms with Gasteiger partial charge in [0.05, 0.1) is 5.56 Å². The summed E-state index contributed by atoms with van der Waals surface area (Å²) in [4.78, 5) is 12.5. The van der Waals surface area contributed by atoms with Crippen LogP contribution >= 0.6 is 23.4 Å². The van der Waals surface area contributed by atoms with Gasteiger partial charge in [0.25, 0.3) is 5.91 Å². The number of carbonyl (C=O) groups excluding carboxylic acids is 1. The van der Waals surface area contributed by atoms with Gasteiger partial charge in [-0.2, -0.15) is 11.8 Å². The molecule has 3 nitrogen and oxygen atoms in total. The highest BCUT2D eigenvalue weighted by atomic mass is 35.5. The second-order valence-electron chi connectivity index (χ2n) is 5.08. The van der Waals surface area contributed by atoms with E-state index in [0.29, 0.717) is 15.8 Å². The van der Waals surface area contributed by atoms with Gasteiger partial charge in [0.15, 0.2) is 0 Å². The molecule has 0 aromatic heterocycles. The number of hydrogen-bond donors (Lipinski definition) is 2. The van der Waals surface area contributed by atoms with Crippen molar-refractivity contribution in [2.24, 2.45) is 0 Å². The molecule has 0 radical (unpaired) electrons. The summed E-state index contributed by atoms with van der Waals surface area (Å²) in [5.41, 5.74) is 1.42. The van der Waals surface area contributed by atoms with Gasteiger partial charge in [-0.3, -0.25) is 4.79 Å². The second-order valence-corrected chi connectivity index (χ2v) is 6.59. The van der Waals surface area contributed by atoms with Crippen LogP contribution in [0.1, 0.15) is 36.0 Å². The molecule has 0 saturated heterocycles. The van der Waals surface area contributed by atoms with Crippen LogP contribution in [0.4, 0.5) is 5.69 Å². The Labute approximate surface area is 129 Å². The monoisotopic (exact) mass is 312 g/mol. The van der Waals surface area contributed by atoms with Crippen molar-refractivity contribution in [1.29, 1.82) is 0 Å². The van der Waals surface area contributed by atoms with E-state index in [1.807, 2.05) is 24.9 Å². The number of rotatable bonds is 4. The fourth-order valence-corrected chi connectivity index (χ4v) is 3.82. The van der Waals surface area contributed by atoms with Gasteiger partial charge in [0.2, 0.25) is 0 Å². The molecule has 2 rings (SSSR count). The number of amides is 1. The van der Waals surface area contributed by atoms with Crippen molar-refractivity contribution in [2.75, 3.05) is 18.6 Å². The van der Waals surface area contributed by atoms with Gasteiger partial charge in [0.1, 0.15) is 0 Å². The summed E-state index contributed by atoms with van der Waals surface area (Å²) in [6.45, 7) is 0. The molecule has 0 spiro atoms. The third kappa shape index (κ3) is 3.61. The largest absolute Gasteiger partial charge is 0.387 e. The van der Waals surface area contributed by atoms with Crippen LogP contribution < -0.4 is 10.6 Å². The molecule has 1 aliphatic carbocycles. The maximum Gasteiger partial charge on any atom is 0.253 e. The first-order valence-electron chi connectivity index (χ1n) is 6.96. The molecule has 2 N–H and O–H groups in total. The Bertz CT molecular complexity index is 481. The Kier molecular flexibility index (Phi) is 5.61. The van der Waals surface area contributed by atoms with Gasteiger partial charge < -0.3 is 10.6 Å². The normalized spacial score (nSPS) is 22.4. The van der Waals surface area contributed by atoms with E-state index in [-0.39, 0.29) is 11.9 Å². The summed E-state index contributed by atoms with van der Waals surface area (Å²) >= 11 is 7.85. The third-order valence-corrected chi connectivity index (χ3v) is 5.22. The van der Waals surface area contributed by atoms with E-state index >= 15 is 0 Å². The number of halogens is 1. The Morgan fingerprint density at radius 3 is 2.80 bits per heavy atom. The lowest BCUT2D eigenvalue weighted by molar-refractivity contribution is 0.0930. The van der Waals surface area contributed by atoms with Gasteiger partial charge >= 0.3 is 0 Å². The Balaban J connectivity index is 2.13. The van der Waals surface area contributed by atoms with E-state index in [9.17, 15) is 4.79 Å². The first-order chi connectivity index (χ1) is 9.65. The first kappa shape index (κ1) is 15.5. The third-order valence-electron chi connectivity index (χ3n) is 3.82. The van der Waals surface area contributed by atoms with E-state index in [0.717, 1.165) is 12.1 Å². The molecule has 0 bridgehead atoms. The number of benzene rings is 1. The van der Waals surface area contributed by atoms with Crippen LogP contribution in [-0.4, -0.2) is 30.5 Å². The van der Waals surface area contributed by atoms with E-state index in [4.69, 9.17) is 11.6 Å². The van der Waals surface area contributed by atoms with Crippen LogP contribution in [0.25, 0.3) is 0 Å². The molecule has 2 atom stereocenters. The molecule has 110 valence electrons. The summed E-state index contributed by atoms with van der Waals surface area (Å²) in [6, 6.07) is 5.61. The Morgan fingerprint density at radius 1 is 1.35 bits per heavy atom. The van der Waals surface area contributed by atoms with Crippen molar-refractivity contribution < 1.29 is 4.79 Å². The molecule has 1 fully saturated rings. The van der Waals surface area contributed by atoms with Gasteiger partial charge in [-0.25, -0.2) is 0 Å². The SMILES string of the molecule is CNc1ccc(Cl)cc1C(=O)NC1CCCCC1SC. The highest BCUT2D eigenvalue weighted by Crippen LogP contribution is 2.28. The van der Waals surface area contributed by atoms with Crippen molar-refractivity contribution in [3.63, 3.8) is 0 Å². The molecule has 5 heteroatoms. The molecular formula is C15H21ClN2OS. The van der Waals surface area contributed by atoms with Crippen LogP contribution in [-0.2, 0) is 0 Å². The Morgan fingerprint density at radius 2 is 2.10 bits per heavy atom. The maximum atomic E-state index is 12.5. The zero-order valence-corrected chi connectivity index (χ0v) is 13.5. The molecule has 1 aliphatic rings. The highest BCUT2D eigenvalue weighted by molar-refractivity contribution is 7.99. The van der Waals surface area contributed by atoms with Crippen LogP contribution in [0.5, 0.6) is 0 Å². The summed E-state index contributed by atoms with van der Waals surface area (Å²) in [6.07, 6.45) is 6.81. The van der Waals surface area contributed by atoms with Crippen LogP contribution in [0.3, 0.4) is 0 Å². The fourth-order valence-electron chi connectivity index (χ4n) is 2.71. The van der Waals surface area contributed by atoms with Crippen molar-refractivity contribution in [3.05, 3.63) is 28.8 Å². The first-order valence-corrected chi connectivity index (χ1v) is 8.63. The molecule has 1 aromatic carbocycles. The number of anilines is 1. The average molecular weight is 313 g/mol. The van der Waals surface area contributed by atoms with Crippen molar-refractivity contribution in [1.82, 2.24) is 5.32 Å². The van der Waals surface area contributed by atoms with Gasteiger partial charge in [-0.1, -0.05) is 24.4 Å². The maximum absolute atomic E-state index is 12.5. The van der Waals surface area contributed by atoms with Crippen LogP contribution in [0.15, 0.2) is 18.2 Å². The average Bonchev–Trinajstić information content (AvgIpc) is 2.47. The van der Waals surface area contributed by atoms with Gasteiger partial charge in [-0.05, 0) is 37.3 Å². The van der Waals surface area contributed by atoms with Crippen molar-refractivity contribution in [3.8, 4) is 0 Å². The molecule has 1 saturated carbocycles. The molecular weight excluding hydrogens is 292 g/mol. The lowest BCUT2D eigenvalue weighted by Crippen LogP contribution is -2.43. The predicted octanol–water partition coefficient (Wildman–Crippen LogP) is 3.79. The van der Waals surface area contributed by atoms with E-state index < -0.39 is 0 Å². The van der Waals surface area contributed by atoms with E-state index in [2.05, 4.69) is 16.9 Å². The van der Waals surface area contributed by atoms with Crippen LogP contribution in [0, 0.1) is 0 Å². The molecule has 1 amide bonds. The Hall–Kier alpha value is -0.870. The van der Waals surface area contributed by atoms with Crippen LogP contribution in [0.2, 0.25) is 5.02 Å². The number of thioether (sulfide) groups is 1. The van der Waals surface area contributed by atoms with E-state index in [1.54, 1.807) is 12.1 Å². The van der Waals surface area contributed by atoms with Gasteiger partial charge in [0, 0.05) is 29.0 Å². The lowest BCUT2D eigenvalue weighted by atomic mass is 9.94. The topological polar surface area (TPSA) is 41.1 Å². The van der Waals surface area contributed by atoms with E-state index in [1.165, 1.54) is 19.3 Å². The van der Waals surface area contributed by atoms with Crippen molar-refractivity contribution >= 4 is 35.0 Å². The summed E-state index contributed by atoms with van der Waals surface area (Å²) in [5.74, 6) is -0.0391. The summed E-state index contributed by atoms with van der Waals surface area (Å²) in [7, 11) is 1.81.